The molecule has 10 nitrogen and oxygen atoms in total. The molecule has 1 saturated carbocycles. The maximum Gasteiger partial charge on any atom is 0.278 e. The van der Waals surface area contributed by atoms with Gasteiger partial charge in [0.15, 0.2) is 5.75 Å². The Morgan fingerprint density at radius 2 is 1.92 bits per heavy atom. The molecule has 3 aliphatic rings. The number of carbonyl (C=O) groups excluding carboxylic acids is 3. The second-order valence-electron chi connectivity index (χ2n) is 13.0. The maximum absolute atomic E-state index is 14.4. The average Bonchev–Trinajstić information content (AvgIpc) is 3.40. The number of hydroxylamine groups is 1. The second kappa shape index (κ2) is 14.7. The fourth-order valence-corrected chi connectivity index (χ4v) is 7.86. The summed E-state index contributed by atoms with van der Waals surface area (Å²) in [4.78, 5) is 54.1. The van der Waals surface area contributed by atoms with Crippen LogP contribution in [0.15, 0.2) is 84.9 Å². The number of nitrogens with zero attached hydrogens (tertiary/aromatic N) is 2. The van der Waals surface area contributed by atoms with E-state index in [1.807, 2.05) is 30.4 Å². The largest absolute Gasteiger partial charge is 0.465 e. The SMILES string of the molecule is O=C1N[C@]2(C(=O)NOc3ccccc3)C[C@H]2/C=C\CCCCC[C@H](Nc2cccc(F)c2)C(=O)N2C[C@H](Oc3nc4ccc(Cl)cc4s3)C[C@@H]12. The lowest BCUT2D eigenvalue weighted by Gasteiger charge is -2.30. The van der Waals surface area contributed by atoms with Gasteiger partial charge >= 0.3 is 0 Å². The molecule has 1 aromatic heterocycles. The minimum atomic E-state index is -1.25. The van der Waals surface area contributed by atoms with Crippen LogP contribution in [-0.4, -0.2) is 57.9 Å². The maximum atomic E-state index is 14.4. The molecule has 13 heteroatoms. The molecule has 260 valence electrons. The van der Waals surface area contributed by atoms with Crippen LogP contribution in [0.2, 0.25) is 5.02 Å². The van der Waals surface area contributed by atoms with Crippen LogP contribution in [0.4, 0.5) is 10.1 Å². The number of allylic oxidation sites excluding steroid dienone is 1. The molecule has 50 heavy (non-hydrogen) atoms. The number of benzene rings is 3. The van der Waals surface area contributed by atoms with Gasteiger partial charge < -0.3 is 25.1 Å². The van der Waals surface area contributed by atoms with Gasteiger partial charge in [0.05, 0.1) is 16.8 Å². The van der Waals surface area contributed by atoms with Gasteiger partial charge in [-0.2, -0.15) is 5.48 Å². The molecule has 3 N–H and O–H groups in total. The van der Waals surface area contributed by atoms with Crippen molar-refractivity contribution >= 4 is 56.6 Å². The number of rotatable bonds is 7. The molecule has 2 aliphatic heterocycles. The van der Waals surface area contributed by atoms with Crippen molar-refractivity contribution < 1.29 is 28.3 Å². The fourth-order valence-electron chi connectivity index (χ4n) is 6.70. The number of fused-ring (bicyclic) bond motifs is 3. The number of carbonyl (C=O) groups is 3. The Bertz CT molecular complexity index is 1910. The summed E-state index contributed by atoms with van der Waals surface area (Å²) in [5, 5.41) is 7.24. The number of anilines is 1. The number of thiazole rings is 1. The van der Waals surface area contributed by atoms with Gasteiger partial charge in [-0.25, -0.2) is 9.37 Å². The van der Waals surface area contributed by atoms with Crippen LogP contribution in [0.1, 0.15) is 44.9 Å². The Hall–Kier alpha value is -4.68. The zero-order chi connectivity index (χ0) is 34.7. The van der Waals surface area contributed by atoms with Gasteiger partial charge in [-0.1, -0.05) is 72.2 Å². The van der Waals surface area contributed by atoms with E-state index in [1.54, 1.807) is 42.5 Å². The summed E-state index contributed by atoms with van der Waals surface area (Å²) in [6.45, 7) is 0.120. The number of amides is 3. The molecule has 4 aromatic rings. The van der Waals surface area contributed by atoms with E-state index in [-0.39, 0.29) is 24.8 Å². The second-order valence-corrected chi connectivity index (χ2v) is 14.4. The van der Waals surface area contributed by atoms with E-state index in [2.05, 4.69) is 21.1 Å². The zero-order valence-corrected chi connectivity index (χ0v) is 28.7. The van der Waals surface area contributed by atoms with E-state index in [0.29, 0.717) is 34.5 Å². The number of nitrogens with one attached hydrogen (secondary N) is 3. The minimum absolute atomic E-state index is 0.120. The molecule has 0 bridgehead atoms. The molecule has 3 aromatic carbocycles. The van der Waals surface area contributed by atoms with Gasteiger partial charge in [0.2, 0.25) is 11.8 Å². The molecule has 7 rings (SSSR count). The van der Waals surface area contributed by atoms with Gasteiger partial charge in [0.1, 0.15) is 29.5 Å². The van der Waals surface area contributed by atoms with Crippen molar-refractivity contribution in [2.24, 2.45) is 5.92 Å². The van der Waals surface area contributed by atoms with Crippen LogP contribution in [0.25, 0.3) is 10.2 Å². The highest BCUT2D eigenvalue weighted by Crippen LogP contribution is 2.45. The van der Waals surface area contributed by atoms with Gasteiger partial charge in [-0.3, -0.25) is 14.4 Å². The van der Waals surface area contributed by atoms with Gasteiger partial charge in [0, 0.05) is 23.0 Å². The third kappa shape index (κ3) is 7.56. The highest BCUT2D eigenvalue weighted by molar-refractivity contribution is 7.20. The predicted octanol–water partition coefficient (Wildman–Crippen LogP) is 6.42. The number of hydrogen-bond acceptors (Lipinski definition) is 8. The molecule has 0 unspecified atom stereocenters. The Labute approximate surface area is 297 Å². The average molecular weight is 718 g/mol. The van der Waals surface area contributed by atoms with Gasteiger partial charge in [-0.05, 0) is 74.2 Å². The fraction of sp³-hybridized carbons (Fsp3) is 0.351. The molecule has 2 fully saturated rings. The third-order valence-electron chi connectivity index (χ3n) is 9.41. The van der Waals surface area contributed by atoms with Crippen LogP contribution in [-0.2, 0) is 14.4 Å². The Morgan fingerprint density at radius 3 is 2.76 bits per heavy atom. The summed E-state index contributed by atoms with van der Waals surface area (Å²) in [7, 11) is 0. The lowest BCUT2D eigenvalue weighted by atomic mass is 10.0. The smallest absolute Gasteiger partial charge is 0.278 e. The predicted molar refractivity (Wildman–Crippen MR) is 189 cm³/mol. The first-order chi connectivity index (χ1) is 24.3. The van der Waals surface area contributed by atoms with Crippen molar-refractivity contribution in [2.75, 3.05) is 11.9 Å². The zero-order valence-electron chi connectivity index (χ0n) is 27.1. The molecular formula is C37H37ClFN5O5S. The van der Waals surface area contributed by atoms with E-state index < -0.39 is 41.4 Å². The standard InChI is InChI=1S/C37H37ClFN5O5S/c38-24-16-17-29-32(18-24)50-36(41-29)48-28-20-31-33(45)42-37(35(47)43-49-27-13-6-4-7-14-27)21-23(37)10-5-2-1-3-8-15-30(34(46)44(31)22-28)40-26-12-9-11-25(39)19-26/h4-7,9-14,16-19,23,28,30-31,40H,1-3,8,15,20-22H2,(H,42,45)(H,43,47)/b10-5-/t23-,28-,30+,31+,37-/m1/s1. The number of ether oxygens (including phenoxy) is 1. The normalized spacial score (nSPS) is 26.1. The molecular weight excluding hydrogens is 681 g/mol. The Morgan fingerprint density at radius 1 is 1.06 bits per heavy atom. The van der Waals surface area contributed by atoms with E-state index >= 15 is 0 Å². The van der Waals surface area contributed by atoms with Crippen LogP contribution in [0, 0.1) is 11.7 Å². The highest BCUT2D eigenvalue weighted by atomic mass is 35.5. The van der Waals surface area contributed by atoms with Crippen molar-refractivity contribution in [1.82, 2.24) is 20.7 Å². The van der Waals surface area contributed by atoms with Crippen molar-refractivity contribution in [3.8, 4) is 10.9 Å². The third-order valence-corrected chi connectivity index (χ3v) is 10.6. The topological polar surface area (TPSA) is 122 Å². The van der Waals surface area contributed by atoms with E-state index in [4.69, 9.17) is 21.2 Å². The monoisotopic (exact) mass is 717 g/mol. The van der Waals surface area contributed by atoms with Crippen molar-refractivity contribution in [3.63, 3.8) is 0 Å². The van der Waals surface area contributed by atoms with Crippen LogP contribution in [0.3, 0.4) is 0 Å². The van der Waals surface area contributed by atoms with Gasteiger partial charge in [-0.15, -0.1) is 0 Å². The van der Waals surface area contributed by atoms with Gasteiger partial charge in [0.25, 0.3) is 11.1 Å². The molecule has 0 spiro atoms. The summed E-state index contributed by atoms with van der Waals surface area (Å²) in [5.41, 5.74) is 2.49. The van der Waals surface area contributed by atoms with E-state index in [9.17, 15) is 18.8 Å². The molecule has 0 radical (unpaired) electrons. The molecule has 5 atom stereocenters. The number of halogens is 2. The number of hydrogen-bond donors (Lipinski definition) is 3. The lowest BCUT2D eigenvalue weighted by molar-refractivity contribution is -0.141. The first-order valence-electron chi connectivity index (χ1n) is 16.8. The number of aromatic nitrogens is 1. The van der Waals surface area contributed by atoms with Crippen molar-refractivity contribution in [1.29, 1.82) is 0 Å². The Kier molecular flexibility index (Phi) is 9.91. The summed E-state index contributed by atoms with van der Waals surface area (Å²) in [5.74, 6) is -1.46. The Balaban J connectivity index is 1.16. The molecule has 3 amide bonds. The first kappa shape index (κ1) is 33.8. The minimum Gasteiger partial charge on any atom is -0.465 e. The van der Waals surface area contributed by atoms with Crippen LogP contribution >= 0.6 is 22.9 Å². The summed E-state index contributed by atoms with van der Waals surface area (Å²) >= 11 is 7.52. The summed E-state index contributed by atoms with van der Waals surface area (Å²) in [6, 6.07) is 18.6. The molecule has 1 aliphatic carbocycles. The van der Waals surface area contributed by atoms with E-state index in [0.717, 1.165) is 35.9 Å². The molecule has 1 saturated heterocycles. The highest BCUT2D eigenvalue weighted by Gasteiger charge is 2.61. The summed E-state index contributed by atoms with van der Waals surface area (Å²) in [6.07, 6.45) is 7.84. The quantitative estimate of drug-likeness (QED) is 0.149. The van der Waals surface area contributed by atoms with Crippen LogP contribution < -0.4 is 25.7 Å². The lowest BCUT2D eigenvalue weighted by Crippen LogP contribution is -2.57. The summed E-state index contributed by atoms with van der Waals surface area (Å²) < 4.78 is 21.3. The van der Waals surface area contributed by atoms with Crippen molar-refractivity contribution in [3.05, 3.63) is 95.8 Å². The first-order valence-corrected chi connectivity index (χ1v) is 18.0. The van der Waals surface area contributed by atoms with Crippen LogP contribution in [0.5, 0.6) is 10.9 Å². The van der Waals surface area contributed by atoms with E-state index in [1.165, 1.54) is 28.4 Å². The molecule has 3 heterocycles. The van der Waals surface area contributed by atoms with Crippen molar-refractivity contribution in [2.45, 2.75) is 68.7 Å². The number of para-hydroxylation sites is 1.